The van der Waals surface area contributed by atoms with Gasteiger partial charge >= 0.3 is 0 Å². The molecule has 0 bridgehead atoms. The summed E-state index contributed by atoms with van der Waals surface area (Å²) in [6.07, 6.45) is -0.166. The lowest BCUT2D eigenvalue weighted by molar-refractivity contribution is 0.0254. The Balaban J connectivity index is 2.26. The summed E-state index contributed by atoms with van der Waals surface area (Å²) in [5, 5.41) is 3.17. The molecule has 1 N–H and O–H groups in total. The fourth-order valence-electron chi connectivity index (χ4n) is 1.53. The monoisotopic (exact) mass is 259 g/mol. The minimum atomic E-state index is -0.221. The first-order valence-corrected chi connectivity index (χ1v) is 5.34. The van der Waals surface area contributed by atoms with Crippen molar-refractivity contribution in [3.8, 4) is 0 Å². The minimum Gasteiger partial charge on any atom is -0.371 e. The molecule has 76 valence electrons. The number of halogens is 2. The second-order valence-electron chi connectivity index (χ2n) is 3.21. The molecule has 0 amide bonds. The van der Waals surface area contributed by atoms with E-state index in [2.05, 4.69) is 21.2 Å². The predicted octanol–water partition coefficient (Wildman–Crippen LogP) is 2.25. The topological polar surface area (TPSA) is 21.3 Å². The van der Waals surface area contributed by atoms with Gasteiger partial charge in [0.2, 0.25) is 0 Å². The molecule has 0 aromatic heterocycles. The van der Waals surface area contributed by atoms with E-state index in [1.54, 1.807) is 12.1 Å². The van der Waals surface area contributed by atoms with E-state index in [0.717, 1.165) is 6.54 Å². The van der Waals surface area contributed by atoms with Crippen LogP contribution in [0.5, 0.6) is 0 Å². The largest absolute Gasteiger partial charge is 0.371 e. The van der Waals surface area contributed by atoms with Gasteiger partial charge in [-0.2, -0.15) is 0 Å². The van der Waals surface area contributed by atoms with Crippen LogP contribution in [0.25, 0.3) is 0 Å². The Morgan fingerprint density at radius 3 is 3.07 bits per heavy atom. The molecule has 0 saturated carbocycles. The second-order valence-corrected chi connectivity index (χ2v) is 4.06. The molecule has 14 heavy (non-hydrogen) atoms. The number of hydrogen-bond acceptors (Lipinski definition) is 2. The Bertz CT molecular complexity index is 326. The smallest absolute Gasteiger partial charge is 0.143 e. The molecule has 1 atom stereocenters. The van der Waals surface area contributed by atoms with Crippen molar-refractivity contribution in [2.75, 3.05) is 19.7 Å². The van der Waals surface area contributed by atoms with Gasteiger partial charge in [-0.3, -0.25) is 0 Å². The number of ether oxygens (including phenoxy) is 1. The number of nitrogens with one attached hydrogen (secondary N) is 1. The van der Waals surface area contributed by atoms with Crippen LogP contribution in [-0.2, 0) is 4.74 Å². The molecule has 1 aliphatic rings. The molecule has 4 heteroatoms. The summed E-state index contributed by atoms with van der Waals surface area (Å²) >= 11 is 3.16. The molecule has 1 aromatic rings. The van der Waals surface area contributed by atoms with Crippen LogP contribution in [0.4, 0.5) is 4.39 Å². The lowest BCUT2D eigenvalue weighted by Gasteiger charge is -2.24. The predicted molar refractivity (Wildman–Crippen MR) is 55.7 cm³/mol. The highest BCUT2D eigenvalue weighted by atomic mass is 79.9. The summed E-state index contributed by atoms with van der Waals surface area (Å²) < 4.78 is 19.6. The molecule has 0 radical (unpaired) electrons. The minimum absolute atomic E-state index is 0.166. The third-order valence-electron chi connectivity index (χ3n) is 2.26. The Hall–Kier alpha value is -0.450. The molecule has 1 fully saturated rings. The summed E-state index contributed by atoms with van der Waals surface area (Å²) in [6, 6.07) is 5.27. The van der Waals surface area contributed by atoms with Gasteiger partial charge in [0.1, 0.15) is 5.82 Å². The molecule has 1 aromatic carbocycles. The van der Waals surface area contributed by atoms with E-state index in [-0.39, 0.29) is 11.9 Å². The van der Waals surface area contributed by atoms with E-state index >= 15 is 0 Å². The Labute approximate surface area is 90.6 Å². The molecule has 1 heterocycles. The van der Waals surface area contributed by atoms with E-state index in [4.69, 9.17) is 4.74 Å². The van der Waals surface area contributed by atoms with E-state index in [0.29, 0.717) is 23.2 Å². The molecule has 0 aliphatic carbocycles. The Morgan fingerprint density at radius 1 is 1.50 bits per heavy atom. The number of rotatable bonds is 1. The van der Waals surface area contributed by atoms with Crippen molar-refractivity contribution < 1.29 is 9.13 Å². The van der Waals surface area contributed by atoms with Crippen molar-refractivity contribution in [1.82, 2.24) is 5.32 Å². The summed E-state index contributed by atoms with van der Waals surface area (Å²) in [7, 11) is 0. The van der Waals surface area contributed by atoms with Crippen molar-refractivity contribution in [1.29, 1.82) is 0 Å². The van der Waals surface area contributed by atoms with Gasteiger partial charge in [-0.1, -0.05) is 12.1 Å². The third kappa shape index (κ3) is 1.97. The van der Waals surface area contributed by atoms with Crippen LogP contribution in [0.15, 0.2) is 22.7 Å². The molecular formula is C10H11BrFNO. The van der Waals surface area contributed by atoms with Crippen molar-refractivity contribution >= 4 is 15.9 Å². The normalized spacial score (nSPS) is 22.3. The van der Waals surface area contributed by atoms with Crippen molar-refractivity contribution in [2.45, 2.75) is 6.10 Å². The fourth-order valence-corrected chi connectivity index (χ4v) is 1.92. The number of hydrogen-bond donors (Lipinski definition) is 1. The molecule has 1 saturated heterocycles. The van der Waals surface area contributed by atoms with Crippen LogP contribution in [0.3, 0.4) is 0 Å². The van der Waals surface area contributed by atoms with Gasteiger partial charge in [0.15, 0.2) is 0 Å². The van der Waals surface area contributed by atoms with Crippen molar-refractivity contribution in [2.24, 2.45) is 0 Å². The van der Waals surface area contributed by atoms with E-state index in [9.17, 15) is 4.39 Å². The molecule has 1 unspecified atom stereocenters. The first-order valence-electron chi connectivity index (χ1n) is 4.55. The van der Waals surface area contributed by atoms with E-state index in [1.807, 2.05) is 6.07 Å². The highest BCUT2D eigenvalue weighted by molar-refractivity contribution is 9.10. The summed E-state index contributed by atoms with van der Waals surface area (Å²) in [6.45, 7) is 2.15. The lowest BCUT2D eigenvalue weighted by Crippen LogP contribution is -2.33. The maximum Gasteiger partial charge on any atom is 0.143 e. The maximum absolute atomic E-state index is 13.6. The molecule has 2 nitrogen and oxygen atoms in total. The van der Waals surface area contributed by atoms with Gasteiger partial charge < -0.3 is 10.1 Å². The quantitative estimate of drug-likeness (QED) is 0.836. The van der Waals surface area contributed by atoms with Crippen molar-refractivity contribution in [3.63, 3.8) is 0 Å². The molecule has 1 aliphatic heterocycles. The van der Waals surface area contributed by atoms with Crippen LogP contribution in [0.2, 0.25) is 0 Å². The van der Waals surface area contributed by atoms with E-state index in [1.165, 1.54) is 0 Å². The molecule has 0 spiro atoms. The Kier molecular flexibility index (Phi) is 3.15. The van der Waals surface area contributed by atoms with Gasteiger partial charge in [-0.15, -0.1) is 0 Å². The van der Waals surface area contributed by atoms with Crippen LogP contribution in [0.1, 0.15) is 11.7 Å². The fraction of sp³-hybridized carbons (Fsp3) is 0.400. The summed E-state index contributed by atoms with van der Waals surface area (Å²) in [5.74, 6) is -0.221. The Morgan fingerprint density at radius 2 is 2.36 bits per heavy atom. The molecule has 2 rings (SSSR count). The zero-order chi connectivity index (χ0) is 9.97. The zero-order valence-electron chi connectivity index (χ0n) is 7.59. The highest BCUT2D eigenvalue weighted by Gasteiger charge is 2.19. The van der Waals surface area contributed by atoms with Crippen molar-refractivity contribution in [3.05, 3.63) is 34.1 Å². The number of morpholine rings is 1. The molecular weight excluding hydrogens is 249 g/mol. The van der Waals surface area contributed by atoms with Gasteiger partial charge in [-0.25, -0.2) is 4.39 Å². The average Bonchev–Trinajstić information content (AvgIpc) is 2.23. The lowest BCUT2D eigenvalue weighted by atomic mass is 10.1. The van der Waals surface area contributed by atoms with E-state index < -0.39 is 0 Å². The van der Waals surface area contributed by atoms with Crippen LogP contribution < -0.4 is 5.32 Å². The summed E-state index contributed by atoms with van der Waals surface area (Å²) in [5.41, 5.74) is 0.617. The standard InChI is InChI=1S/C10H11BrFNO/c11-8-3-1-2-7(10(8)12)9-6-13-4-5-14-9/h1-3,9,13H,4-6H2. The van der Waals surface area contributed by atoms with Crippen LogP contribution in [-0.4, -0.2) is 19.7 Å². The third-order valence-corrected chi connectivity index (χ3v) is 2.87. The van der Waals surface area contributed by atoms with Gasteiger partial charge in [0.05, 0.1) is 17.2 Å². The first-order chi connectivity index (χ1) is 6.79. The van der Waals surface area contributed by atoms with Gasteiger partial charge in [0.25, 0.3) is 0 Å². The average molecular weight is 260 g/mol. The maximum atomic E-state index is 13.6. The number of benzene rings is 1. The van der Waals surface area contributed by atoms with Crippen LogP contribution in [0, 0.1) is 5.82 Å². The zero-order valence-corrected chi connectivity index (χ0v) is 9.18. The first kappa shape index (κ1) is 10.1. The van der Waals surface area contributed by atoms with Gasteiger partial charge in [-0.05, 0) is 22.0 Å². The summed E-state index contributed by atoms with van der Waals surface area (Å²) in [4.78, 5) is 0. The second kappa shape index (κ2) is 4.38. The highest BCUT2D eigenvalue weighted by Crippen LogP contribution is 2.26. The van der Waals surface area contributed by atoms with Gasteiger partial charge in [0, 0.05) is 18.7 Å². The van der Waals surface area contributed by atoms with Crippen LogP contribution >= 0.6 is 15.9 Å². The SMILES string of the molecule is Fc1c(Br)cccc1C1CNCCO1.